The minimum atomic E-state index is 0.565. The predicted octanol–water partition coefficient (Wildman–Crippen LogP) is 5.89. The zero-order chi connectivity index (χ0) is 13.2. The molecule has 1 aliphatic rings. The van der Waals surface area contributed by atoms with Gasteiger partial charge in [0.05, 0.1) is 0 Å². The first-order valence-electron chi connectivity index (χ1n) is 6.87. The summed E-state index contributed by atoms with van der Waals surface area (Å²) in [6.07, 6.45) is 2.45. The fraction of sp³-hybridized carbons (Fsp3) is 0.222. The van der Waals surface area contributed by atoms with E-state index in [1.807, 2.05) is 0 Å². The second-order valence-electron chi connectivity index (χ2n) is 5.02. The molecule has 1 aliphatic carbocycles. The summed E-state index contributed by atoms with van der Waals surface area (Å²) in [6.45, 7) is 2.27. The molecule has 0 saturated carbocycles. The molecule has 1 atom stereocenters. The van der Waals surface area contributed by atoms with Crippen molar-refractivity contribution in [3.05, 3.63) is 71.3 Å². The van der Waals surface area contributed by atoms with Gasteiger partial charge in [-0.1, -0.05) is 67.9 Å². The van der Waals surface area contributed by atoms with Gasteiger partial charge in [0, 0.05) is 9.50 Å². The molecule has 96 valence electrons. The first-order chi connectivity index (χ1) is 9.33. The van der Waals surface area contributed by atoms with E-state index < -0.39 is 0 Å². The van der Waals surface area contributed by atoms with Crippen LogP contribution in [0.3, 0.4) is 0 Å². The van der Waals surface area contributed by atoms with E-state index in [-0.39, 0.29) is 0 Å². The number of hydrogen-bond acceptors (Lipinski definition) is 0. The van der Waals surface area contributed by atoms with Gasteiger partial charge in [0.1, 0.15) is 0 Å². The molecule has 0 aromatic heterocycles. The van der Waals surface area contributed by atoms with Crippen LogP contribution in [0.15, 0.2) is 54.6 Å². The lowest BCUT2D eigenvalue weighted by Gasteiger charge is -2.16. The van der Waals surface area contributed by atoms with Gasteiger partial charge in [-0.25, -0.2) is 0 Å². The molecule has 0 aliphatic heterocycles. The summed E-state index contributed by atoms with van der Waals surface area (Å²) in [4.78, 5) is 0. The van der Waals surface area contributed by atoms with Gasteiger partial charge in [-0.2, -0.15) is 0 Å². The maximum Gasteiger partial charge on any atom is 0.0249 e. The molecule has 0 N–H and O–H groups in total. The van der Waals surface area contributed by atoms with E-state index in [0.717, 1.165) is 0 Å². The topological polar surface area (TPSA) is 0 Å². The molecular formula is C18H17I. The molecule has 0 saturated heterocycles. The van der Waals surface area contributed by atoms with Crippen molar-refractivity contribution in [2.24, 2.45) is 0 Å². The summed E-state index contributed by atoms with van der Waals surface area (Å²) in [5.74, 6) is 0.565. The van der Waals surface area contributed by atoms with Crippen LogP contribution in [0.1, 0.15) is 42.4 Å². The normalized spacial score (nSPS) is 17.7. The van der Waals surface area contributed by atoms with Gasteiger partial charge in [0.25, 0.3) is 0 Å². The summed E-state index contributed by atoms with van der Waals surface area (Å²) in [6, 6.07) is 19.7. The van der Waals surface area contributed by atoms with Crippen molar-refractivity contribution < 1.29 is 0 Å². The van der Waals surface area contributed by atoms with Crippen LogP contribution in [-0.2, 0) is 0 Å². The average Bonchev–Trinajstić information content (AvgIpc) is 2.74. The Labute approximate surface area is 128 Å². The molecule has 2 aromatic rings. The summed E-state index contributed by atoms with van der Waals surface area (Å²) in [7, 11) is 0. The fourth-order valence-electron chi connectivity index (χ4n) is 2.99. The maximum absolute atomic E-state index is 2.52. The van der Waals surface area contributed by atoms with E-state index in [2.05, 4.69) is 84.1 Å². The highest BCUT2D eigenvalue weighted by molar-refractivity contribution is 14.1. The van der Waals surface area contributed by atoms with Crippen molar-refractivity contribution in [3.63, 3.8) is 0 Å². The van der Waals surface area contributed by atoms with Crippen LogP contribution < -0.4 is 0 Å². The Morgan fingerprint density at radius 1 is 0.947 bits per heavy atom. The van der Waals surface area contributed by atoms with Gasteiger partial charge in [-0.3, -0.25) is 0 Å². The molecule has 2 aromatic carbocycles. The highest BCUT2D eigenvalue weighted by Gasteiger charge is 2.29. The van der Waals surface area contributed by atoms with Crippen LogP contribution in [-0.4, -0.2) is 0 Å². The van der Waals surface area contributed by atoms with Crippen molar-refractivity contribution in [2.45, 2.75) is 25.7 Å². The van der Waals surface area contributed by atoms with Crippen LogP contribution in [0.4, 0.5) is 0 Å². The third kappa shape index (κ3) is 2.25. The lowest BCUT2D eigenvalue weighted by atomic mass is 9.88. The van der Waals surface area contributed by atoms with E-state index in [9.17, 15) is 0 Å². The van der Waals surface area contributed by atoms with Gasteiger partial charge in [0.15, 0.2) is 0 Å². The second kappa shape index (κ2) is 5.49. The molecule has 1 unspecified atom stereocenters. The van der Waals surface area contributed by atoms with Crippen LogP contribution in [0.25, 0.3) is 9.15 Å². The maximum atomic E-state index is 2.52. The average molecular weight is 360 g/mol. The minimum Gasteiger partial charge on any atom is -0.0653 e. The molecular weight excluding hydrogens is 343 g/mol. The monoisotopic (exact) mass is 360 g/mol. The highest BCUT2D eigenvalue weighted by atomic mass is 127. The Bertz CT molecular complexity index is 611. The highest BCUT2D eigenvalue weighted by Crippen LogP contribution is 2.51. The molecule has 0 fully saturated rings. The van der Waals surface area contributed by atoms with Gasteiger partial charge in [0.2, 0.25) is 0 Å². The summed E-state index contributed by atoms with van der Waals surface area (Å²) in [5, 5.41) is 0. The van der Waals surface area contributed by atoms with E-state index >= 15 is 0 Å². The van der Waals surface area contributed by atoms with E-state index in [4.69, 9.17) is 0 Å². The van der Waals surface area contributed by atoms with E-state index in [1.165, 1.54) is 38.7 Å². The zero-order valence-corrected chi connectivity index (χ0v) is 13.2. The number of allylic oxidation sites excluding steroid dienone is 1. The molecule has 3 rings (SSSR count). The predicted molar refractivity (Wildman–Crippen MR) is 91.4 cm³/mol. The largest absolute Gasteiger partial charge is 0.0653 e. The Morgan fingerprint density at radius 3 is 2.37 bits per heavy atom. The Balaban J connectivity index is 2.15. The summed E-state index contributed by atoms with van der Waals surface area (Å²) >= 11 is 2.52. The standard InChI is InChI=1S/C18H17I/c1-2-8-15-14-11-6-7-12-16(14)18(19)17(15)13-9-4-3-5-10-13/h3-7,9-12,15H,2,8H2,1H3. The third-order valence-corrected chi connectivity index (χ3v) is 4.98. The van der Waals surface area contributed by atoms with Crippen LogP contribution in [0.2, 0.25) is 0 Å². The molecule has 0 amide bonds. The third-order valence-electron chi connectivity index (χ3n) is 3.82. The second-order valence-corrected chi connectivity index (χ2v) is 6.10. The van der Waals surface area contributed by atoms with Crippen molar-refractivity contribution in [1.82, 2.24) is 0 Å². The van der Waals surface area contributed by atoms with Gasteiger partial charge in [-0.15, -0.1) is 0 Å². The molecule has 0 nitrogen and oxygen atoms in total. The Morgan fingerprint density at radius 2 is 1.63 bits per heavy atom. The van der Waals surface area contributed by atoms with Crippen LogP contribution in [0, 0.1) is 0 Å². The number of rotatable bonds is 3. The minimum absolute atomic E-state index is 0.565. The molecule has 0 radical (unpaired) electrons. The molecule has 0 heterocycles. The molecule has 0 spiro atoms. The molecule has 19 heavy (non-hydrogen) atoms. The van der Waals surface area contributed by atoms with Crippen molar-refractivity contribution in [1.29, 1.82) is 0 Å². The SMILES string of the molecule is CCCC1C(c2ccccc2)=C(I)c2ccccc21. The Hall–Kier alpha value is -1.09. The zero-order valence-electron chi connectivity index (χ0n) is 11.1. The smallest absolute Gasteiger partial charge is 0.0249 e. The van der Waals surface area contributed by atoms with Gasteiger partial charge >= 0.3 is 0 Å². The summed E-state index contributed by atoms with van der Waals surface area (Å²) in [5.41, 5.74) is 5.83. The number of benzene rings is 2. The van der Waals surface area contributed by atoms with Crippen molar-refractivity contribution >= 4 is 31.7 Å². The fourth-order valence-corrected chi connectivity index (χ4v) is 4.17. The van der Waals surface area contributed by atoms with Gasteiger partial charge < -0.3 is 0 Å². The lowest BCUT2D eigenvalue weighted by Crippen LogP contribution is -1.98. The molecule has 0 bridgehead atoms. The number of fused-ring (bicyclic) bond motifs is 1. The van der Waals surface area contributed by atoms with E-state index in [1.54, 1.807) is 0 Å². The van der Waals surface area contributed by atoms with Crippen LogP contribution in [0.5, 0.6) is 0 Å². The van der Waals surface area contributed by atoms with Crippen molar-refractivity contribution in [2.75, 3.05) is 0 Å². The Kier molecular flexibility index (Phi) is 3.74. The molecule has 1 heteroatoms. The first-order valence-corrected chi connectivity index (χ1v) is 7.95. The summed E-state index contributed by atoms with van der Waals surface area (Å²) < 4.78 is 1.43. The quantitative estimate of drug-likeness (QED) is 0.599. The van der Waals surface area contributed by atoms with Crippen LogP contribution >= 0.6 is 22.6 Å². The van der Waals surface area contributed by atoms with Crippen molar-refractivity contribution in [3.8, 4) is 0 Å². The number of hydrogen-bond donors (Lipinski definition) is 0. The van der Waals surface area contributed by atoms with Gasteiger partial charge in [-0.05, 0) is 51.3 Å². The number of halogens is 1. The lowest BCUT2D eigenvalue weighted by molar-refractivity contribution is 0.737. The first kappa shape index (κ1) is 12.9. The van der Waals surface area contributed by atoms with E-state index in [0.29, 0.717) is 5.92 Å².